The van der Waals surface area contributed by atoms with E-state index in [4.69, 9.17) is 5.11 Å². The molecular formula is C12H15NO4S. The van der Waals surface area contributed by atoms with Gasteiger partial charge in [-0.3, -0.25) is 4.79 Å². The van der Waals surface area contributed by atoms with Gasteiger partial charge in [0.15, 0.2) is 0 Å². The molecular weight excluding hydrogens is 254 g/mol. The molecule has 1 aromatic carbocycles. The number of aliphatic carboxylic acids is 1. The highest BCUT2D eigenvalue weighted by molar-refractivity contribution is 7.89. The van der Waals surface area contributed by atoms with Crippen LogP contribution in [0.3, 0.4) is 0 Å². The van der Waals surface area contributed by atoms with Crippen molar-refractivity contribution in [2.24, 2.45) is 0 Å². The zero-order chi connectivity index (χ0) is 13.8. The Morgan fingerprint density at radius 2 is 1.94 bits per heavy atom. The van der Waals surface area contributed by atoms with Crippen molar-refractivity contribution in [1.82, 2.24) is 4.31 Å². The van der Waals surface area contributed by atoms with Crippen molar-refractivity contribution >= 4 is 16.0 Å². The van der Waals surface area contributed by atoms with Crippen LogP contribution in [0.25, 0.3) is 0 Å². The van der Waals surface area contributed by atoms with Gasteiger partial charge in [0, 0.05) is 6.54 Å². The molecule has 0 aromatic heterocycles. The third-order valence-corrected chi connectivity index (χ3v) is 4.13. The second-order valence-electron chi connectivity index (χ2n) is 3.79. The van der Waals surface area contributed by atoms with Gasteiger partial charge in [-0.2, -0.15) is 4.31 Å². The van der Waals surface area contributed by atoms with Crippen LogP contribution in [-0.4, -0.2) is 36.9 Å². The van der Waals surface area contributed by atoms with Crippen molar-refractivity contribution in [3.8, 4) is 0 Å². The van der Waals surface area contributed by atoms with Gasteiger partial charge in [0.25, 0.3) is 0 Å². The summed E-state index contributed by atoms with van der Waals surface area (Å²) in [6.07, 6.45) is 1.36. The fraction of sp³-hybridized carbons (Fsp3) is 0.250. The summed E-state index contributed by atoms with van der Waals surface area (Å²) in [5.41, 5.74) is 0.933. The Bertz CT molecular complexity index is 534. The Kier molecular flexibility index (Phi) is 4.63. The van der Waals surface area contributed by atoms with Crippen molar-refractivity contribution in [3.05, 3.63) is 42.5 Å². The maximum Gasteiger partial charge on any atom is 0.318 e. The second kappa shape index (κ2) is 5.79. The van der Waals surface area contributed by atoms with E-state index in [1.54, 1.807) is 12.1 Å². The molecule has 0 aliphatic heterocycles. The molecule has 1 N–H and O–H groups in total. The topological polar surface area (TPSA) is 74.7 Å². The monoisotopic (exact) mass is 269 g/mol. The predicted octanol–water partition coefficient (Wildman–Crippen LogP) is 1.26. The van der Waals surface area contributed by atoms with Crippen LogP contribution in [-0.2, 0) is 14.8 Å². The normalized spacial score (nSPS) is 11.4. The molecule has 0 aliphatic rings. The van der Waals surface area contributed by atoms with Crippen molar-refractivity contribution in [2.75, 3.05) is 13.1 Å². The lowest BCUT2D eigenvalue weighted by Gasteiger charge is -2.18. The number of nitrogens with zero attached hydrogens (tertiary/aromatic N) is 1. The minimum atomic E-state index is -3.79. The molecule has 6 heteroatoms. The van der Waals surface area contributed by atoms with Crippen LogP contribution in [0.5, 0.6) is 0 Å². The molecule has 0 spiro atoms. The van der Waals surface area contributed by atoms with Gasteiger partial charge in [-0.15, -0.1) is 6.58 Å². The molecule has 0 heterocycles. The number of benzene rings is 1. The molecule has 0 radical (unpaired) electrons. The maximum atomic E-state index is 12.2. The molecule has 0 saturated heterocycles. The molecule has 0 bridgehead atoms. The van der Waals surface area contributed by atoms with Crippen molar-refractivity contribution in [1.29, 1.82) is 0 Å². The highest BCUT2D eigenvalue weighted by Gasteiger charge is 2.25. The van der Waals surface area contributed by atoms with E-state index in [-0.39, 0.29) is 11.4 Å². The molecule has 98 valence electrons. The van der Waals surface area contributed by atoms with Gasteiger partial charge in [-0.05, 0) is 19.1 Å². The number of aryl methyl sites for hydroxylation is 1. The quantitative estimate of drug-likeness (QED) is 0.789. The molecule has 0 saturated carbocycles. The SMILES string of the molecule is C=CCN(CC(=O)O)S(=O)(=O)c1ccc(C)cc1. The Morgan fingerprint density at radius 1 is 1.39 bits per heavy atom. The Morgan fingerprint density at radius 3 is 2.39 bits per heavy atom. The summed E-state index contributed by atoms with van der Waals surface area (Å²) in [6, 6.07) is 6.25. The third kappa shape index (κ3) is 3.41. The molecule has 18 heavy (non-hydrogen) atoms. The maximum absolute atomic E-state index is 12.2. The fourth-order valence-corrected chi connectivity index (χ4v) is 2.76. The first-order chi connectivity index (χ1) is 8.37. The summed E-state index contributed by atoms with van der Waals surface area (Å²) in [5, 5.41) is 8.72. The molecule has 1 aromatic rings. The van der Waals surface area contributed by atoms with Gasteiger partial charge in [0.2, 0.25) is 10.0 Å². The highest BCUT2D eigenvalue weighted by Crippen LogP contribution is 2.16. The lowest BCUT2D eigenvalue weighted by atomic mass is 10.2. The Labute approximate surface area is 106 Å². The van der Waals surface area contributed by atoms with E-state index in [0.717, 1.165) is 9.87 Å². The van der Waals surface area contributed by atoms with Gasteiger partial charge in [0.05, 0.1) is 4.90 Å². The molecule has 0 fully saturated rings. The fourth-order valence-electron chi connectivity index (χ4n) is 1.40. The number of carbonyl (C=O) groups is 1. The van der Waals surface area contributed by atoms with E-state index >= 15 is 0 Å². The molecule has 0 amide bonds. The van der Waals surface area contributed by atoms with E-state index in [1.165, 1.54) is 18.2 Å². The number of rotatable bonds is 6. The first-order valence-electron chi connectivity index (χ1n) is 5.27. The smallest absolute Gasteiger partial charge is 0.318 e. The van der Waals surface area contributed by atoms with Crippen LogP contribution in [0.15, 0.2) is 41.8 Å². The van der Waals surface area contributed by atoms with Crippen molar-refractivity contribution < 1.29 is 18.3 Å². The number of carboxylic acid groups (broad SMARTS) is 1. The summed E-state index contributed by atoms with van der Waals surface area (Å²) in [4.78, 5) is 10.8. The molecule has 0 aliphatic carbocycles. The zero-order valence-electron chi connectivity index (χ0n) is 10.0. The second-order valence-corrected chi connectivity index (χ2v) is 5.73. The summed E-state index contributed by atoms with van der Waals surface area (Å²) < 4.78 is 25.2. The van der Waals surface area contributed by atoms with Crippen LogP contribution in [0.1, 0.15) is 5.56 Å². The van der Waals surface area contributed by atoms with Crippen LogP contribution >= 0.6 is 0 Å². The number of hydrogen-bond donors (Lipinski definition) is 1. The zero-order valence-corrected chi connectivity index (χ0v) is 10.9. The number of hydrogen-bond acceptors (Lipinski definition) is 3. The van der Waals surface area contributed by atoms with Gasteiger partial charge >= 0.3 is 5.97 Å². The van der Waals surface area contributed by atoms with E-state index in [0.29, 0.717) is 0 Å². The van der Waals surface area contributed by atoms with E-state index in [2.05, 4.69) is 6.58 Å². The van der Waals surface area contributed by atoms with E-state index < -0.39 is 22.5 Å². The standard InChI is InChI=1S/C12H15NO4S/c1-3-8-13(9-12(14)15)18(16,17)11-6-4-10(2)5-7-11/h3-7H,1,8-9H2,2H3,(H,14,15). The molecule has 0 atom stereocenters. The van der Waals surface area contributed by atoms with Crippen LogP contribution < -0.4 is 0 Å². The number of sulfonamides is 1. The lowest BCUT2D eigenvalue weighted by Crippen LogP contribution is -2.35. The first-order valence-corrected chi connectivity index (χ1v) is 6.71. The average Bonchev–Trinajstić information content (AvgIpc) is 2.28. The third-order valence-electron chi connectivity index (χ3n) is 2.30. The first kappa shape index (κ1) is 14.4. The summed E-state index contributed by atoms with van der Waals surface area (Å²) >= 11 is 0. The van der Waals surface area contributed by atoms with Gasteiger partial charge in [0.1, 0.15) is 6.54 Å². The van der Waals surface area contributed by atoms with Crippen LogP contribution in [0, 0.1) is 6.92 Å². The number of carboxylic acids is 1. The summed E-state index contributed by atoms with van der Waals surface area (Å²) in [6.45, 7) is 4.65. The predicted molar refractivity (Wildman–Crippen MR) is 67.8 cm³/mol. The van der Waals surface area contributed by atoms with E-state index in [9.17, 15) is 13.2 Å². The van der Waals surface area contributed by atoms with Gasteiger partial charge in [-0.1, -0.05) is 23.8 Å². The largest absolute Gasteiger partial charge is 0.480 e. The van der Waals surface area contributed by atoms with Crippen molar-refractivity contribution in [2.45, 2.75) is 11.8 Å². The Balaban J connectivity index is 3.11. The highest BCUT2D eigenvalue weighted by atomic mass is 32.2. The molecule has 0 unspecified atom stereocenters. The lowest BCUT2D eigenvalue weighted by molar-refractivity contribution is -0.137. The Hall–Kier alpha value is -1.66. The van der Waals surface area contributed by atoms with Gasteiger partial charge in [-0.25, -0.2) is 8.42 Å². The van der Waals surface area contributed by atoms with Crippen LogP contribution in [0.2, 0.25) is 0 Å². The van der Waals surface area contributed by atoms with Crippen LogP contribution in [0.4, 0.5) is 0 Å². The van der Waals surface area contributed by atoms with E-state index in [1.807, 2.05) is 6.92 Å². The minimum Gasteiger partial charge on any atom is -0.480 e. The molecule has 5 nitrogen and oxygen atoms in total. The van der Waals surface area contributed by atoms with Gasteiger partial charge < -0.3 is 5.11 Å². The summed E-state index contributed by atoms with van der Waals surface area (Å²) in [7, 11) is -3.79. The summed E-state index contributed by atoms with van der Waals surface area (Å²) in [5.74, 6) is -1.20. The van der Waals surface area contributed by atoms with Crippen molar-refractivity contribution in [3.63, 3.8) is 0 Å². The molecule has 1 rings (SSSR count). The average molecular weight is 269 g/mol. The minimum absolute atomic E-state index is 0.0392.